The minimum Gasteiger partial charge on any atom is -0.384 e. The zero-order chi connectivity index (χ0) is 14.4. The highest BCUT2D eigenvalue weighted by Gasteiger charge is 2.29. The molecule has 1 fully saturated rings. The average molecular weight is 281 g/mol. The number of nitrogens with two attached hydrogens (primary N) is 1. The van der Waals surface area contributed by atoms with Gasteiger partial charge in [-0.3, -0.25) is 0 Å². The molecular weight excluding hydrogens is 262 g/mol. The maximum Gasteiger partial charge on any atom is 0.226 e. The Morgan fingerprint density at radius 1 is 1.24 bits per heavy atom. The molecule has 2 N–H and O–H groups in total. The topological polar surface area (TPSA) is 67.9 Å². The summed E-state index contributed by atoms with van der Waals surface area (Å²) < 4.78 is 0. The number of nitrogens with zero attached hydrogens (tertiary/aromatic N) is 4. The van der Waals surface area contributed by atoms with Crippen LogP contribution in [0.15, 0.2) is 18.3 Å². The number of pyridine rings is 1. The standard InChI is InChI=1S/C16H19N5/c1-10-7-8-21(10)16-19-13-4-2-3-12(13)15(20-16)11-5-6-14(17)18-9-11/h5-6,9-10H,2-4,7-8H2,1H3,(H2,17,18). The lowest BCUT2D eigenvalue weighted by Crippen LogP contribution is -2.46. The van der Waals surface area contributed by atoms with Crippen LogP contribution in [0.5, 0.6) is 0 Å². The number of aryl methyl sites for hydroxylation is 1. The van der Waals surface area contributed by atoms with Crippen LogP contribution < -0.4 is 10.6 Å². The van der Waals surface area contributed by atoms with Gasteiger partial charge in [0.05, 0.1) is 5.69 Å². The summed E-state index contributed by atoms with van der Waals surface area (Å²) in [6.45, 7) is 3.28. The Kier molecular flexibility index (Phi) is 2.80. The molecule has 5 nitrogen and oxygen atoms in total. The Labute approximate surface area is 124 Å². The summed E-state index contributed by atoms with van der Waals surface area (Å²) in [6, 6.07) is 4.39. The first kappa shape index (κ1) is 12.6. The molecule has 1 unspecified atom stereocenters. The summed E-state index contributed by atoms with van der Waals surface area (Å²) in [5, 5.41) is 0. The summed E-state index contributed by atoms with van der Waals surface area (Å²) in [4.78, 5) is 16.1. The summed E-state index contributed by atoms with van der Waals surface area (Å²) in [7, 11) is 0. The van der Waals surface area contributed by atoms with Gasteiger partial charge in [-0.15, -0.1) is 0 Å². The van der Waals surface area contributed by atoms with Crippen LogP contribution in [0.2, 0.25) is 0 Å². The fourth-order valence-corrected chi connectivity index (χ4v) is 3.15. The summed E-state index contributed by atoms with van der Waals surface area (Å²) in [5.41, 5.74) is 10.3. The predicted molar refractivity (Wildman–Crippen MR) is 83.1 cm³/mol. The maximum absolute atomic E-state index is 5.69. The van der Waals surface area contributed by atoms with Crippen molar-refractivity contribution < 1.29 is 0 Å². The molecule has 3 heterocycles. The van der Waals surface area contributed by atoms with Gasteiger partial charge in [-0.2, -0.15) is 0 Å². The highest BCUT2D eigenvalue weighted by Crippen LogP contribution is 2.33. The van der Waals surface area contributed by atoms with Gasteiger partial charge < -0.3 is 10.6 Å². The van der Waals surface area contributed by atoms with Gasteiger partial charge >= 0.3 is 0 Å². The Bertz CT molecular complexity index is 680. The van der Waals surface area contributed by atoms with Crippen molar-refractivity contribution in [3.8, 4) is 11.3 Å². The van der Waals surface area contributed by atoms with Crippen LogP contribution in [0, 0.1) is 0 Å². The van der Waals surface area contributed by atoms with E-state index < -0.39 is 0 Å². The molecule has 108 valence electrons. The lowest BCUT2D eigenvalue weighted by Gasteiger charge is -2.39. The second-order valence-corrected chi connectivity index (χ2v) is 5.95. The van der Waals surface area contributed by atoms with Crippen LogP contribution in [0.25, 0.3) is 11.3 Å². The van der Waals surface area contributed by atoms with Crippen molar-refractivity contribution in [2.75, 3.05) is 17.2 Å². The molecule has 0 aromatic carbocycles. The Morgan fingerprint density at radius 2 is 2.14 bits per heavy atom. The fourth-order valence-electron chi connectivity index (χ4n) is 3.15. The van der Waals surface area contributed by atoms with Crippen LogP contribution in [0.3, 0.4) is 0 Å². The van der Waals surface area contributed by atoms with Gasteiger partial charge in [0, 0.05) is 35.6 Å². The van der Waals surface area contributed by atoms with E-state index in [1.54, 1.807) is 0 Å². The number of rotatable bonds is 2. The Morgan fingerprint density at radius 3 is 2.81 bits per heavy atom. The quantitative estimate of drug-likeness (QED) is 0.914. The SMILES string of the molecule is CC1CCN1c1nc2c(c(-c3ccc(N)nc3)n1)CCC2. The third-order valence-electron chi connectivity index (χ3n) is 4.56. The Balaban J connectivity index is 1.83. The summed E-state index contributed by atoms with van der Waals surface area (Å²) >= 11 is 0. The maximum atomic E-state index is 5.69. The minimum atomic E-state index is 0.543. The molecule has 1 saturated heterocycles. The van der Waals surface area contributed by atoms with Crippen LogP contribution in [-0.2, 0) is 12.8 Å². The van der Waals surface area contributed by atoms with Crippen LogP contribution in [0.1, 0.15) is 31.0 Å². The first-order valence-corrected chi connectivity index (χ1v) is 7.61. The molecule has 2 aliphatic rings. The van der Waals surface area contributed by atoms with Crippen LogP contribution in [-0.4, -0.2) is 27.5 Å². The van der Waals surface area contributed by atoms with E-state index in [2.05, 4.69) is 16.8 Å². The molecule has 21 heavy (non-hydrogen) atoms. The van der Waals surface area contributed by atoms with Gasteiger partial charge in [-0.1, -0.05) is 0 Å². The fraction of sp³-hybridized carbons (Fsp3) is 0.438. The molecule has 1 atom stereocenters. The number of fused-ring (bicyclic) bond motifs is 1. The largest absolute Gasteiger partial charge is 0.384 e. The van der Waals surface area contributed by atoms with Gasteiger partial charge in [-0.25, -0.2) is 15.0 Å². The van der Waals surface area contributed by atoms with E-state index in [0.29, 0.717) is 11.9 Å². The molecular formula is C16H19N5. The Hall–Kier alpha value is -2.17. The predicted octanol–water partition coefficient (Wildman–Crippen LogP) is 2.21. The van der Waals surface area contributed by atoms with Crippen molar-refractivity contribution in [1.82, 2.24) is 15.0 Å². The van der Waals surface area contributed by atoms with Gasteiger partial charge in [0.1, 0.15) is 5.82 Å². The number of nitrogen functional groups attached to an aromatic ring is 1. The van der Waals surface area contributed by atoms with Crippen molar-refractivity contribution in [2.24, 2.45) is 0 Å². The highest BCUT2D eigenvalue weighted by atomic mass is 15.3. The van der Waals surface area contributed by atoms with Crippen LogP contribution >= 0.6 is 0 Å². The summed E-state index contributed by atoms with van der Waals surface area (Å²) in [6.07, 6.45) is 6.32. The molecule has 2 aromatic rings. The monoisotopic (exact) mass is 281 g/mol. The van der Waals surface area contributed by atoms with E-state index in [1.807, 2.05) is 18.3 Å². The van der Waals surface area contributed by atoms with Crippen molar-refractivity contribution >= 4 is 11.8 Å². The number of anilines is 2. The molecule has 0 radical (unpaired) electrons. The molecule has 4 rings (SSSR count). The van der Waals surface area contributed by atoms with Gasteiger partial charge in [-0.05, 0) is 44.7 Å². The molecule has 0 spiro atoms. The highest BCUT2D eigenvalue weighted by molar-refractivity contribution is 5.66. The third-order valence-corrected chi connectivity index (χ3v) is 4.56. The minimum absolute atomic E-state index is 0.543. The van der Waals surface area contributed by atoms with E-state index in [0.717, 1.165) is 36.6 Å². The third kappa shape index (κ3) is 2.04. The molecule has 1 aliphatic heterocycles. The smallest absolute Gasteiger partial charge is 0.226 e. The summed E-state index contributed by atoms with van der Waals surface area (Å²) in [5.74, 6) is 1.42. The van der Waals surface area contributed by atoms with Crippen LogP contribution in [0.4, 0.5) is 11.8 Å². The zero-order valence-electron chi connectivity index (χ0n) is 12.2. The van der Waals surface area contributed by atoms with E-state index in [9.17, 15) is 0 Å². The normalized spacial score (nSPS) is 20.2. The van der Waals surface area contributed by atoms with E-state index in [1.165, 1.54) is 24.1 Å². The van der Waals surface area contributed by atoms with Crippen molar-refractivity contribution in [3.05, 3.63) is 29.6 Å². The first-order valence-electron chi connectivity index (χ1n) is 7.61. The molecule has 2 aromatic heterocycles. The molecule has 0 saturated carbocycles. The second-order valence-electron chi connectivity index (χ2n) is 5.95. The second kappa shape index (κ2) is 4.69. The van der Waals surface area contributed by atoms with E-state index >= 15 is 0 Å². The molecule has 0 amide bonds. The lowest BCUT2D eigenvalue weighted by atomic mass is 10.1. The van der Waals surface area contributed by atoms with E-state index in [-0.39, 0.29) is 0 Å². The number of hydrogen-bond acceptors (Lipinski definition) is 5. The molecule has 5 heteroatoms. The molecule has 0 bridgehead atoms. The van der Waals surface area contributed by atoms with E-state index in [4.69, 9.17) is 15.7 Å². The lowest BCUT2D eigenvalue weighted by molar-refractivity contribution is 0.470. The average Bonchev–Trinajstić information content (AvgIpc) is 2.94. The number of hydrogen-bond donors (Lipinski definition) is 1. The van der Waals surface area contributed by atoms with Crippen molar-refractivity contribution in [1.29, 1.82) is 0 Å². The first-order chi connectivity index (χ1) is 10.2. The molecule has 1 aliphatic carbocycles. The van der Waals surface area contributed by atoms with Gasteiger partial charge in [0.25, 0.3) is 0 Å². The van der Waals surface area contributed by atoms with Gasteiger partial charge in [0.15, 0.2) is 0 Å². The van der Waals surface area contributed by atoms with Gasteiger partial charge in [0.2, 0.25) is 5.95 Å². The number of aromatic nitrogens is 3. The van der Waals surface area contributed by atoms with Crippen molar-refractivity contribution in [2.45, 2.75) is 38.6 Å². The van der Waals surface area contributed by atoms with Crippen molar-refractivity contribution in [3.63, 3.8) is 0 Å². The zero-order valence-corrected chi connectivity index (χ0v) is 12.2.